The van der Waals surface area contributed by atoms with Gasteiger partial charge in [0.2, 0.25) is 0 Å². The normalized spacial score (nSPS) is 38.6. The molecule has 522 valence electrons. The fourth-order valence-corrected chi connectivity index (χ4v) is 16.6. The summed E-state index contributed by atoms with van der Waals surface area (Å²) in [6, 6.07) is 0. The van der Waals surface area contributed by atoms with Crippen molar-refractivity contribution in [3.05, 3.63) is 0 Å². The van der Waals surface area contributed by atoms with Gasteiger partial charge in [0, 0.05) is 48.3 Å². The molecule has 20 heteroatoms. The second-order valence-corrected chi connectivity index (χ2v) is 33.9. The van der Waals surface area contributed by atoms with E-state index >= 15 is 0 Å². The van der Waals surface area contributed by atoms with Crippen molar-refractivity contribution >= 4 is 59.7 Å². The Hall–Kier alpha value is -5.30. The van der Waals surface area contributed by atoms with E-state index in [1.165, 1.54) is 0 Å². The highest BCUT2D eigenvalue weighted by molar-refractivity contribution is 5.82. The number of hydrogen-bond donors (Lipinski definition) is 0. The molecule has 21 unspecified atom stereocenters. The van der Waals surface area contributed by atoms with E-state index in [1.807, 2.05) is 118 Å². The number of carbonyl (C=O) groups excluding carboxylic acids is 10. The van der Waals surface area contributed by atoms with E-state index in [2.05, 4.69) is 13.8 Å². The van der Waals surface area contributed by atoms with Crippen LogP contribution in [0.1, 0.15) is 241 Å². The summed E-state index contributed by atoms with van der Waals surface area (Å²) in [4.78, 5) is 119. The Morgan fingerprint density at radius 1 is 0.462 bits per heavy atom. The van der Waals surface area contributed by atoms with Crippen LogP contribution in [-0.4, -0.2) is 120 Å². The molecule has 0 aromatic heterocycles. The molecule has 93 heavy (non-hydrogen) atoms. The SMILES string of the molecule is CCC(C)(C)C(=O)OC1(C)C2CC3C(=O)OC1C3C2.CCC(C)(C)C(=O)OC1C2CCC3C(C2)C(=O)OC31.CCC(C)(C)C(=O)OC1C2OC(=O)C3CC1C(C)(C)C32.CCC(C)(C)C(=O)OC1CCC2(C)CC1OC2=O.CCC(C)(C)C(=O)OC1CCC2CC1OC2=O. The first kappa shape index (κ1) is 72.0. The maximum atomic E-state index is 12.3. The second-order valence-electron chi connectivity index (χ2n) is 33.9. The maximum absolute atomic E-state index is 12.3. The highest BCUT2D eigenvalue weighted by Gasteiger charge is 2.72. The smallest absolute Gasteiger partial charge is 0.312 e. The molecule has 20 nitrogen and oxygen atoms in total. The molecule has 5 saturated heterocycles. The van der Waals surface area contributed by atoms with Crippen LogP contribution < -0.4 is 0 Å². The summed E-state index contributed by atoms with van der Waals surface area (Å²) in [5.41, 5.74) is -3.30. The van der Waals surface area contributed by atoms with Gasteiger partial charge in [0.15, 0.2) is 0 Å². The lowest BCUT2D eigenvalue weighted by Gasteiger charge is -2.44. The molecule has 0 N–H and O–H groups in total. The average Bonchev–Trinajstić information content (AvgIpc) is 1.54. The minimum Gasteiger partial charge on any atom is -0.458 e. The van der Waals surface area contributed by atoms with E-state index in [4.69, 9.17) is 47.4 Å². The minimum absolute atomic E-state index is 0.0167. The molecule has 0 aromatic carbocycles. The number of fused-ring (bicyclic) bond motifs is 7. The van der Waals surface area contributed by atoms with E-state index < -0.39 is 32.7 Å². The summed E-state index contributed by atoms with van der Waals surface area (Å²) in [5, 5.41) is 0. The third-order valence-electron chi connectivity index (χ3n) is 25.6. The zero-order valence-corrected chi connectivity index (χ0v) is 59.2. The molecule has 14 fully saturated rings. The van der Waals surface area contributed by atoms with Crippen molar-refractivity contribution in [1.82, 2.24) is 0 Å². The van der Waals surface area contributed by atoms with Crippen LogP contribution in [0.15, 0.2) is 0 Å². The Morgan fingerprint density at radius 2 is 0.957 bits per heavy atom. The first-order valence-corrected chi connectivity index (χ1v) is 35.3. The number of rotatable bonds is 15. The lowest BCUT2D eigenvalue weighted by atomic mass is 9.63. The molecule has 5 heterocycles. The first-order chi connectivity index (χ1) is 43.1. The van der Waals surface area contributed by atoms with Crippen LogP contribution in [0, 0.1) is 97.1 Å². The van der Waals surface area contributed by atoms with Crippen molar-refractivity contribution in [2.24, 2.45) is 97.1 Å². The zero-order chi connectivity index (χ0) is 68.8. The van der Waals surface area contributed by atoms with Crippen molar-refractivity contribution in [3.8, 4) is 0 Å². The van der Waals surface area contributed by atoms with Crippen molar-refractivity contribution < 1.29 is 95.3 Å². The summed E-state index contributed by atoms with van der Waals surface area (Å²) in [5.74, 6) is 0.347. The highest BCUT2D eigenvalue weighted by Crippen LogP contribution is 2.66. The average molecular weight is 1310 g/mol. The predicted octanol–water partition coefficient (Wildman–Crippen LogP) is 11.7. The van der Waals surface area contributed by atoms with Crippen molar-refractivity contribution in [2.45, 2.75) is 301 Å². The molecule has 0 radical (unpaired) electrons. The van der Waals surface area contributed by atoms with Crippen molar-refractivity contribution in [1.29, 1.82) is 0 Å². The second kappa shape index (κ2) is 25.9. The van der Waals surface area contributed by atoms with E-state index in [0.717, 1.165) is 96.3 Å². The lowest BCUT2D eigenvalue weighted by molar-refractivity contribution is -0.188. The number of hydrogen-bond acceptors (Lipinski definition) is 20. The zero-order valence-electron chi connectivity index (χ0n) is 59.2. The van der Waals surface area contributed by atoms with E-state index in [9.17, 15) is 47.9 Å². The molecular weight excluding hydrogens is 1200 g/mol. The quantitative estimate of drug-likeness (QED) is 0.109. The van der Waals surface area contributed by atoms with Crippen LogP contribution in [0.25, 0.3) is 0 Å². The summed E-state index contributed by atoms with van der Waals surface area (Å²) in [6.07, 6.45) is 11.5. The Labute approximate surface area is 551 Å². The molecule has 21 atom stereocenters. The van der Waals surface area contributed by atoms with Gasteiger partial charge in [-0.05, 0) is 185 Å². The third kappa shape index (κ3) is 13.4. The molecule has 14 rings (SSSR count). The molecule has 9 aliphatic carbocycles. The van der Waals surface area contributed by atoms with Crippen LogP contribution in [-0.2, 0) is 95.3 Å². The van der Waals surface area contributed by atoms with Gasteiger partial charge in [-0.15, -0.1) is 0 Å². The van der Waals surface area contributed by atoms with Gasteiger partial charge in [-0.25, -0.2) is 0 Å². The Balaban J connectivity index is 0.000000137. The predicted molar refractivity (Wildman–Crippen MR) is 336 cm³/mol. The van der Waals surface area contributed by atoms with Gasteiger partial charge in [0.1, 0.15) is 60.5 Å². The molecule has 12 bridgehead atoms. The maximum Gasteiger partial charge on any atom is 0.312 e. The topological polar surface area (TPSA) is 263 Å². The van der Waals surface area contributed by atoms with Gasteiger partial charge in [0.05, 0.1) is 56.2 Å². The molecule has 9 saturated carbocycles. The van der Waals surface area contributed by atoms with Crippen LogP contribution in [0.2, 0.25) is 0 Å². The summed E-state index contributed by atoms with van der Waals surface area (Å²) >= 11 is 0. The largest absolute Gasteiger partial charge is 0.458 e. The van der Waals surface area contributed by atoms with Crippen LogP contribution in [0.4, 0.5) is 0 Å². The lowest BCUT2D eigenvalue weighted by Crippen LogP contribution is -2.51. The van der Waals surface area contributed by atoms with Crippen LogP contribution in [0.5, 0.6) is 0 Å². The molecule has 5 aliphatic heterocycles. The summed E-state index contributed by atoms with van der Waals surface area (Å²) < 4.78 is 55.5. The van der Waals surface area contributed by atoms with E-state index in [-0.39, 0.29) is 179 Å². The van der Waals surface area contributed by atoms with Gasteiger partial charge in [-0.1, -0.05) is 48.5 Å². The van der Waals surface area contributed by atoms with Gasteiger partial charge < -0.3 is 47.4 Å². The molecule has 0 amide bonds. The Kier molecular flexibility index (Phi) is 20.1. The first-order valence-electron chi connectivity index (χ1n) is 35.3. The summed E-state index contributed by atoms with van der Waals surface area (Å²) in [6.45, 7) is 37.0. The van der Waals surface area contributed by atoms with Crippen LogP contribution >= 0.6 is 0 Å². The third-order valence-corrected chi connectivity index (χ3v) is 25.6. The van der Waals surface area contributed by atoms with Gasteiger partial charge in [-0.3, -0.25) is 47.9 Å². The number of carbonyl (C=O) groups is 10. The van der Waals surface area contributed by atoms with E-state index in [0.29, 0.717) is 18.8 Å². The summed E-state index contributed by atoms with van der Waals surface area (Å²) in [7, 11) is 0. The number of ether oxygens (including phenoxy) is 10. The van der Waals surface area contributed by atoms with Crippen molar-refractivity contribution in [2.75, 3.05) is 0 Å². The van der Waals surface area contributed by atoms with Gasteiger partial charge in [-0.2, -0.15) is 0 Å². The fraction of sp³-hybridized carbons (Fsp3) is 0.863. The molecule has 0 spiro atoms. The number of esters is 10. The van der Waals surface area contributed by atoms with Gasteiger partial charge >= 0.3 is 59.7 Å². The van der Waals surface area contributed by atoms with E-state index in [1.54, 1.807) is 0 Å². The highest BCUT2D eigenvalue weighted by atomic mass is 16.6. The van der Waals surface area contributed by atoms with Crippen molar-refractivity contribution in [3.63, 3.8) is 0 Å². The van der Waals surface area contributed by atoms with Crippen LogP contribution in [0.3, 0.4) is 0 Å². The standard InChI is InChI=1S/C16H24O4.2C15H22O4.C14H22O4.C13H20O4/c1-6-15(2,3)14(18)20-11-9-7-8-10(16(9,4)5)12(11)19-13(8)17;1-5-14(2,3)13(17)19-15(4)8-6-9-10(7-8)12(16)18-11(9)15;1-4-15(2,3)14(17)19-11-8-5-6-9-10(7-8)13(16)18-12(9)11;1-5-13(2,3)11(15)17-9-6-7-14(4)8-10(9)18-12(14)16;1-4-13(2,3)12(15)17-9-6-5-8-7-10(9)16-11(8)14/h8-12H,6-7H2,1-5H3;8-11H,5-7H2,1-4H3;8-12H,4-7H2,1-3H3;9-10H,5-8H2,1-4H3;8-10H,4-7H2,1-3H3. The van der Waals surface area contributed by atoms with Gasteiger partial charge in [0.25, 0.3) is 0 Å². The fourth-order valence-electron chi connectivity index (χ4n) is 16.6. The Morgan fingerprint density at radius 3 is 1.53 bits per heavy atom. The molecule has 0 aromatic rings. The molecular formula is C73H110O20. The monoisotopic (exact) mass is 1310 g/mol. The Bertz CT molecular complexity index is 2920. The minimum atomic E-state index is -0.614. The molecule has 14 aliphatic rings.